The fourth-order valence-electron chi connectivity index (χ4n) is 1.50. The smallest absolute Gasteiger partial charge is 0.119 e. The van der Waals surface area contributed by atoms with Crippen LogP contribution in [0.25, 0.3) is 11.1 Å². The van der Waals surface area contributed by atoms with Crippen LogP contribution < -0.4 is 4.74 Å². The molecule has 0 saturated heterocycles. The minimum atomic E-state index is 0.770. The maximum Gasteiger partial charge on any atom is 0.119 e. The van der Waals surface area contributed by atoms with Gasteiger partial charge in [-0.3, -0.25) is 4.98 Å². The van der Waals surface area contributed by atoms with Crippen LogP contribution in [0.3, 0.4) is 0 Å². The molecule has 1 heterocycles. The fourth-order valence-corrected chi connectivity index (χ4v) is 1.50. The normalized spacial score (nSPS) is 10.1. The number of nitrogens with zero attached hydrogens (tertiary/aromatic N) is 1. The first-order valence-electron chi connectivity index (χ1n) is 5.53. The SMILES string of the molecule is CCCOc1ccc(-c2cccnc2)cc1. The van der Waals surface area contributed by atoms with Crippen LogP contribution in [0, 0.1) is 0 Å². The Labute approximate surface area is 95.9 Å². The number of ether oxygens (including phenoxy) is 1. The highest BCUT2D eigenvalue weighted by atomic mass is 16.5. The largest absolute Gasteiger partial charge is 0.494 e. The number of rotatable bonds is 4. The molecular weight excluding hydrogens is 198 g/mol. The molecule has 2 heteroatoms. The summed E-state index contributed by atoms with van der Waals surface area (Å²) in [5.74, 6) is 0.925. The van der Waals surface area contributed by atoms with Crippen molar-refractivity contribution in [3.05, 3.63) is 48.8 Å². The Morgan fingerprint density at radius 3 is 2.50 bits per heavy atom. The van der Waals surface area contributed by atoms with E-state index >= 15 is 0 Å². The first-order chi connectivity index (χ1) is 7.90. The van der Waals surface area contributed by atoms with Crippen molar-refractivity contribution in [3.63, 3.8) is 0 Å². The predicted molar refractivity (Wildman–Crippen MR) is 65.5 cm³/mol. The Kier molecular flexibility index (Phi) is 3.54. The number of aromatic nitrogens is 1. The van der Waals surface area contributed by atoms with Gasteiger partial charge in [0.05, 0.1) is 6.61 Å². The van der Waals surface area contributed by atoms with E-state index in [-0.39, 0.29) is 0 Å². The quantitative estimate of drug-likeness (QED) is 0.775. The van der Waals surface area contributed by atoms with Gasteiger partial charge in [0.15, 0.2) is 0 Å². The maximum atomic E-state index is 5.53. The van der Waals surface area contributed by atoms with Gasteiger partial charge >= 0.3 is 0 Å². The summed E-state index contributed by atoms with van der Waals surface area (Å²) < 4.78 is 5.53. The maximum absolute atomic E-state index is 5.53. The summed E-state index contributed by atoms with van der Waals surface area (Å²) in [7, 11) is 0. The second-order valence-electron chi connectivity index (χ2n) is 3.61. The molecule has 0 N–H and O–H groups in total. The Morgan fingerprint density at radius 2 is 1.88 bits per heavy atom. The molecule has 82 valence electrons. The monoisotopic (exact) mass is 213 g/mol. The molecule has 1 aromatic heterocycles. The van der Waals surface area contributed by atoms with E-state index in [9.17, 15) is 0 Å². The Bertz CT molecular complexity index is 422. The molecule has 0 unspecified atom stereocenters. The second-order valence-corrected chi connectivity index (χ2v) is 3.61. The molecule has 0 amide bonds. The van der Waals surface area contributed by atoms with E-state index in [2.05, 4.69) is 30.1 Å². The van der Waals surface area contributed by atoms with Crippen LogP contribution >= 0.6 is 0 Å². The van der Waals surface area contributed by atoms with Crippen molar-refractivity contribution in [2.24, 2.45) is 0 Å². The highest BCUT2D eigenvalue weighted by Crippen LogP contribution is 2.21. The lowest BCUT2D eigenvalue weighted by Gasteiger charge is -2.05. The number of hydrogen-bond donors (Lipinski definition) is 0. The van der Waals surface area contributed by atoms with Crippen LogP contribution in [0.4, 0.5) is 0 Å². The third kappa shape index (κ3) is 2.60. The van der Waals surface area contributed by atoms with Crippen molar-refractivity contribution < 1.29 is 4.74 Å². The van der Waals surface area contributed by atoms with Gasteiger partial charge in [-0.2, -0.15) is 0 Å². The van der Waals surface area contributed by atoms with Gasteiger partial charge in [-0.1, -0.05) is 25.1 Å². The van der Waals surface area contributed by atoms with Gasteiger partial charge in [-0.25, -0.2) is 0 Å². The van der Waals surface area contributed by atoms with Crippen molar-refractivity contribution in [1.29, 1.82) is 0 Å². The van der Waals surface area contributed by atoms with Crippen LogP contribution in [0.5, 0.6) is 5.75 Å². The Morgan fingerprint density at radius 1 is 1.06 bits per heavy atom. The number of hydrogen-bond acceptors (Lipinski definition) is 2. The lowest BCUT2D eigenvalue weighted by Crippen LogP contribution is -1.94. The molecular formula is C14H15NO. The second kappa shape index (κ2) is 5.31. The Balaban J connectivity index is 2.13. The van der Waals surface area contributed by atoms with Gasteiger partial charge < -0.3 is 4.74 Å². The van der Waals surface area contributed by atoms with E-state index < -0.39 is 0 Å². The molecule has 16 heavy (non-hydrogen) atoms. The summed E-state index contributed by atoms with van der Waals surface area (Å²) in [5, 5.41) is 0. The third-order valence-electron chi connectivity index (χ3n) is 2.32. The van der Waals surface area contributed by atoms with E-state index in [1.807, 2.05) is 24.4 Å². The minimum Gasteiger partial charge on any atom is -0.494 e. The van der Waals surface area contributed by atoms with Gasteiger partial charge in [-0.15, -0.1) is 0 Å². The van der Waals surface area contributed by atoms with Crippen LogP contribution in [-0.4, -0.2) is 11.6 Å². The molecule has 2 rings (SSSR count). The van der Waals surface area contributed by atoms with E-state index in [4.69, 9.17) is 4.74 Å². The van der Waals surface area contributed by atoms with Gasteiger partial charge in [0, 0.05) is 12.4 Å². The molecule has 0 aliphatic carbocycles. The average Bonchev–Trinajstić information content (AvgIpc) is 2.38. The molecule has 0 atom stereocenters. The summed E-state index contributed by atoms with van der Waals surface area (Å²) in [5.41, 5.74) is 2.29. The first-order valence-corrected chi connectivity index (χ1v) is 5.53. The molecule has 0 fully saturated rings. The van der Waals surface area contributed by atoms with Crippen molar-refractivity contribution in [3.8, 4) is 16.9 Å². The zero-order valence-corrected chi connectivity index (χ0v) is 9.39. The lowest BCUT2D eigenvalue weighted by atomic mass is 10.1. The third-order valence-corrected chi connectivity index (χ3v) is 2.32. The summed E-state index contributed by atoms with van der Waals surface area (Å²) >= 11 is 0. The van der Waals surface area contributed by atoms with Gasteiger partial charge in [0.1, 0.15) is 5.75 Å². The molecule has 0 saturated carbocycles. The van der Waals surface area contributed by atoms with Crippen molar-refractivity contribution >= 4 is 0 Å². The standard InChI is InChI=1S/C14H15NO/c1-2-10-16-14-7-5-12(6-8-14)13-4-3-9-15-11-13/h3-9,11H,2,10H2,1H3. The molecule has 0 bridgehead atoms. The van der Waals surface area contributed by atoms with Crippen LogP contribution in [0.2, 0.25) is 0 Å². The van der Waals surface area contributed by atoms with Crippen LogP contribution in [0.1, 0.15) is 13.3 Å². The van der Waals surface area contributed by atoms with Gasteiger partial charge in [0.25, 0.3) is 0 Å². The zero-order valence-electron chi connectivity index (χ0n) is 9.39. The van der Waals surface area contributed by atoms with E-state index in [0.717, 1.165) is 29.9 Å². The van der Waals surface area contributed by atoms with Gasteiger partial charge in [-0.05, 0) is 35.7 Å². The van der Waals surface area contributed by atoms with Crippen molar-refractivity contribution in [1.82, 2.24) is 4.98 Å². The summed E-state index contributed by atoms with van der Waals surface area (Å²) in [6.45, 7) is 2.87. The molecule has 2 aromatic rings. The Hall–Kier alpha value is -1.83. The van der Waals surface area contributed by atoms with Crippen LogP contribution in [-0.2, 0) is 0 Å². The molecule has 0 aliphatic heterocycles. The summed E-state index contributed by atoms with van der Waals surface area (Å²) in [6, 6.07) is 12.1. The van der Waals surface area contributed by atoms with E-state index in [0.29, 0.717) is 0 Å². The molecule has 0 radical (unpaired) electrons. The number of pyridine rings is 1. The van der Waals surface area contributed by atoms with Crippen molar-refractivity contribution in [2.45, 2.75) is 13.3 Å². The van der Waals surface area contributed by atoms with Crippen molar-refractivity contribution in [2.75, 3.05) is 6.61 Å². The number of benzene rings is 1. The topological polar surface area (TPSA) is 22.1 Å². The molecule has 0 spiro atoms. The summed E-state index contributed by atoms with van der Waals surface area (Å²) in [6.07, 6.45) is 4.68. The zero-order chi connectivity index (χ0) is 11.2. The lowest BCUT2D eigenvalue weighted by molar-refractivity contribution is 0.317. The average molecular weight is 213 g/mol. The first kappa shape index (κ1) is 10.7. The van der Waals surface area contributed by atoms with E-state index in [1.165, 1.54) is 0 Å². The highest BCUT2D eigenvalue weighted by molar-refractivity contribution is 5.62. The summed E-state index contributed by atoms with van der Waals surface area (Å²) in [4.78, 5) is 4.10. The molecule has 2 nitrogen and oxygen atoms in total. The van der Waals surface area contributed by atoms with Crippen LogP contribution in [0.15, 0.2) is 48.8 Å². The molecule has 0 aliphatic rings. The predicted octanol–water partition coefficient (Wildman–Crippen LogP) is 3.54. The minimum absolute atomic E-state index is 0.770. The highest BCUT2D eigenvalue weighted by Gasteiger charge is 1.97. The fraction of sp³-hybridized carbons (Fsp3) is 0.214. The molecule has 1 aromatic carbocycles. The van der Waals surface area contributed by atoms with E-state index in [1.54, 1.807) is 6.20 Å². The van der Waals surface area contributed by atoms with Gasteiger partial charge in [0.2, 0.25) is 0 Å².